The molecule has 0 spiro atoms. The largest absolute Gasteiger partial charge is 0.508 e. The molecule has 0 aliphatic heterocycles. The highest BCUT2D eigenvalue weighted by Crippen LogP contribution is 2.29. The third-order valence-corrected chi connectivity index (χ3v) is 4.90. The Morgan fingerprint density at radius 1 is 0.556 bits per heavy atom. The molecular weight excluding hydrogens is 330 g/mol. The van der Waals surface area contributed by atoms with E-state index in [1.54, 1.807) is 6.07 Å². The van der Waals surface area contributed by atoms with Crippen LogP contribution >= 0.6 is 0 Å². The van der Waals surface area contributed by atoms with Crippen molar-refractivity contribution in [1.82, 2.24) is 4.90 Å². The second-order valence-electron chi connectivity index (χ2n) is 6.90. The van der Waals surface area contributed by atoms with Gasteiger partial charge >= 0.3 is 0 Å². The van der Waals surface area contributed by atoms with Gasteiger partial charge in [-0.25, -0.2) is 0 Å². The summed E-state index contributed by atoms with van der Waals surface area (Å²) in [5, 5.41) is 12.8. The lowest BCUT2D eigenvalue weighted by atomic mass is 10.0. The van der Waals surface area contributed by atoms with E-state index in [-0.39, 0.29) is 0 Å². The van der Waals surface area contributed by atoms with Crippen molar-refractivity contribution in [1.29, 1.82) is 0 Å². The second-order valence-corrected chi connectivity index (χ2v) is 6.90. The zero-order chi connectivity index (χ0) is 18.5. The zero-order valence-corrected chi connectivity index (χ0v) is 15.3. The van der Waals surface area contributed by atoms with Crippen LogP contribution in [0, 0.1) is 0 Å². The molecule has 2 heteroatoms. The van der Waals surface area contributed by atoms with Crippen molar-refractivity contribution in [3.8, 4) is 5.75 Å². The van der Waals surface area contributed by atoms with Gasteiger partial charge in [0.2, 0.25) is 0 Å². The van der Waals surface area contributed by atoms with Gasteiger partial charge in [-0.15, -0.1) is 0 Å². The predicted molar refractivity (Wildman–Crippen MR) is 111 cm³/mol. The molecule has 0 aliphatic carbocycles. The number of nitrogens with zero attached hydrogens (tertiary/aromatic N) is 1. The van der Waals surface area contributed by atoms with Gasteiger partial charge in [-0.3, -0.25) is 4.90 Å². The zero-order valence-electron chi connectivity index (χ0n) is 15.3. The smallest absolute Gasteiger partial charge is 0.120 e. The Bertz CT molecular complexity index is 971. The van der Waals surface area contributed by atoms with E-state index < -0.39 is 0 Å². The van der Waals surface area contributed by atoms with Crippen molar-refractivity contribution in [2.24, 2.45) is 0 Å². The molecule has 4 aromatic carbocycles. The van der Waals surface area contributed by atoms with E-state index in [9.17, 15) is 5.11 Å². The highest BCUT2D eigenvalue weighted by Gasteiger charge is 2.13. The van der Waals surface area contributed by atoms with E-state index in [2.05, 4.69) is 65.6 Å². The van der Waals surface area contributed by atoms with Crippen LogP contribution in [0.1, 0.15) is 16.7 Å². The average Bonchev–Trinajstić information content (AvgIpc) is 2.72. The topological polar surface area (TPSA) is 23.5 Å². The van der Waals surface area contributed by atoms with Gasteiger partial charge in [-0.05, 0) is 28.0 Å². The highest BCUT2D eigenvalue weighted by atomic mass is 16.3. The molecule has 0 fully saturated rings. The molecule has 2 nitrogen and oxygen atoms in total. The Labute approximate surface area is 160 Å². The summed E-state index contributed by atoms with van der Waals surface area (Å²) in [7, 11) is 0. The fraction of sp³-hybridized carbons (Fsp3) is 0.120. The molecule has 4 aromatic rings. The van der Waals surface area contributed by atoms with Gasteiger partial charge in [-0.2, -0.15) is 0 Å². The van der Waals surface area contributed by atoms with E-state index in [4.69, 9.17) is 0 Å². The SMILES string of the molecule is Oc1ccc2ccccc2c1CN(Cc1ccccc1)Cc1ccccc1. The minimum atomic E-state index is 0.361. The van der Waals surface area contributed by atoms with Crippen LogP contribution in [0.4, 0.5) is 0 Å². The Morgan fingerprint density at radius 3 is 1.74 bits per heavy atom. The maximum Gasteiger partial charge on any atom is 0.120 e. The molecule has 0 amide bonds. The van der Waals surface area contributed by atoms with Crippen molar-refractivity contribution in [3.63, 3.8) is 0 Å². The molecule has 4 rings (SSSR count). The van der Waals surface area contributed by atoms with Crippen molar-refractivity contribution in [2.75, 3.05) is 0 Å². The summed E-state index contributed by atoms with van der Waals surface area (Å²) in [6.07, 6.45) is 0. The summed E-state index contributed by atoms with van der Waals surface area (Å²) in [6, 6.07) is 33.0. The summed E-state index contributed by atoms with van der Waals surface area (Å²) < 4.78 is 0. The quantitative estimate of drug-likeness (QED) is 0.477. The monoisotopic (exact) mass is 353 g/mol. The van der Waals surface area contributed by atoms with E-state index in [1.165, 1.54) is 11.1 Å². The molecule has 134 valence electrons. The highest BCUT2D eigenvalue weighted by molar-refractivity contribution is 5.87. The molecule has 0 atom stereocenters. The predicted octanol–water partition coefficient (Wildman–Crippen LogP) is 5.75. The molecule has 0 saturated heterocycles. The molecule has 0 aliphatic rings. The number of phenols is 1. The van der Waals surface area contributed by atoms with E-state index in [0.29, 0.717) is 12.3 Å². The molecule has 0 radical (unpaired) electrons. The molecule has 0 saturated carbocycles. The van der Waals surface area contributed by atoms with Gasteiger partial charge in [0.15, 0.2) is 0 Å². The molecule has 0 bridgehead atoms. The maximum atomic E-state index is 10.6. The van der Waals surface area contributed by atoms with Crippen molar-refractivity contribution in [2.45, 2.75) is 19.6 Å². The molecule has 0 aromatic heterocycles. The fourth-order valence-corrected chi connectivity index (χ4v) is 3.57. The first-order valence-corrected chi connectivity index (χ1v) is 9.29. The minimum absolute atomic E-state index is 0.361. The van der Waals surface area contributed by atoms with Gasteiger partial charge in [0.05, 0.1) is 0 Å². The molecular formula is C25H23NO. The van der Waals surface area contributed by atoms with Gasteiger partial charge < -0.3 is 5.11 Å². The van der Waals surface area contributed by atoms with Crippen molar-refractivity contribution >= 4 is 10.8 Å². The van der Waals surface area contributed by atoms with Crippen LogP contribution in [0.2, 0.25) is 0 Å². The van der Waals surface area contributed by atoms with Crippen LogP contribution in [0.15, 0.2) is 97.1 Å². The fourth-order valence-electron chi connectivity index (χ4n) is 3.57. The number of phenolic OH excluding ortho intramolecular Hbond substituents is 1. The number of fused-ring (bicyclic) bond motifs is 1. The van der Waals surface area contributed by atoms with Gasteiger partial charge in [-0.1, -0.05) is 91.0 Å². The molecule has 1 N–H and O–H groups in total. The van der Waals surface area contributed by atoms with Gasteiger partial charge in [0.1, 0.15) is 5.75 Å². The van der Waals surface area contributed by atoms with Gasteiger partial charge in [0, 0.05) is 25.2 Å². The lowest BCUT2D eigenvalue weighted by molar-refractivity contribution is 0.245. The summed E-state index contributed by atoms with van der Waals surface area (Å²) in [4.78, 5) is 2.38. The Balaban J connectivity index is 1.67. The number of hydrogen-bond donors (Lipinski definition) is 1. The standard InChI is InChI=1S/C25H23NO/c27-25-16-15-22-13-7-8-14-23(22)24(25)19-26(17-20-9-3-1-4-10-20)18-21-11-5-2-6-12-21/h1-16,27H,17-19H2. The number of aromatic hydroxyl groups is 1. The summed E-state index contributed by atoms with van der Waals surface area (Å²) in [5.74, 6) is 0.361. The normalized spacial score (nSPS) is 11.1. The number of benzene rings is 4. The molecule has 27 heavy (non-hydrogen) atoms. The van der Waals surface area contributed by atoms with Crippen molar-refractivity contribution < 1.29 is 5.11 Å². The average molecular weight is 353 g/mol. The number of hydrogen-bond acceptors (Lipinski definition) is 2. The Kier molecular flexibility index (Phi) is 5.17. The summed E-state index contributed by atoms with van der Waals surface area (Å²) >= 11 is 0. The first kappa shape index (κ1) is 17.3. The van der Waals surface area contributed by atoms with Crippen LogP contribution < -0.4 is 0 Å². The van der Waals surface area contributed by atoms with E-state index >= 15 is 0 Å². The number of rotatable bonds is 6. The Morgan fingerprint density at radius 2 is 1.11 bits per heavy atom. The van der Waals surface area contributed by atoms with Gasteiger partial charge in [0.25, 0.3) is 0 Å². The van der Waals surface area contributed by atoms with Crippen molar-refractivity contribution in [3.05, 3.63) is 114 Å². The van der Waals surface area contributed by atoms with Crippen LogP contribution in [0.3, 0.4) is 0 Å². The van der Waals surface area contributed by atoms with Crippen LogP contribution in [-0.2, 0) is 19.6 Å². The van der Waals surface area contributed by atoms with E-state index in [0.717, 1.165) is 29.4 Å². The Hall–Kier alpha value is -3.10. The molecule has 0 heterocycles. The van der Waals surface area contributed by atoms with Crippen LogP contribution in [0.25, 0.3) is 10.8 Å². The molecule has 0 unspecified atom stereocenters. The minimum Gasteiger partial charge on any atom is -0.508 e. The van der Waals surface area contributed by atoms with E-state index in [1.807, 2.05) is 30.3 Å². The lowest BCUT2D eigenvalue weighted by Gasteiger charge is -2.24. The second kappa shape index (κ2) is 8.07. The first-order valence-electron chi connectivity index (χ1n) is 9.29. The summed E-state index contributed by atoms with van der Waals surface area (Å²) in [5.41, 5.74) is 3.53. The summed E-state index contributed by atoms with van der Waals surface area (Å²) in [6.45, 7) is 2.35. The maximum absolute atomic E-state index is 10.6. The first-order chi connectivity index (χ1) is 13.3. The third kappa shape index (κ3) is 4.18. The van der Waals surface area contributed by atoms with Crippen LogP contribution in [0.5, 0.6) is 5.75 Å². The lowest BCUT2D eigenvalue weighted by Crippen LogP contribution is -2.22. The van der Waals surface area contributed by atoms with Crippen LogP contribution in [-0.4, -0.2) is 10.0 Å². The third-order valence-electron chi connectivity index (χ3n) is 4.90.